The molecule has 0 bridgehead atoms. The smallest absolute Gasteiger partial charge is 0.319 e. The molecular formula is C21H26FN5O4S. The Bertz CT molecular complexity index is 1010. The molecule has 9 nitrogen and oxygen atoms in total. The lowest BCUT2D eigenvalue weighted by Gasteiger charge is -2.11. The van der Waals surface area contributed by atoms with Crippen LogP contribution in [0.25, 0.3) is 0 Å². The topological polar surface area (TPSA) is 119 Å². The molecule has 4 rings (SSSR count). The van der Waals surface area contributed by atoms with Crippen molar-refractivity contribution in [1.82, 2.24) is 14.6 Å². The summed E-state index contributed by atoms with van der Waals surface area (Å²) in [6.07, 6.45) is 2.67. The number of carbonyl (C=O) groups is 2. The average Bonchev–Trinajstić information content (AvgIpc) is 3.46. The Kier molecular flexibility index (Phi) is 6.75. The summed E-state index contributed by atoms with van der Waals surface area (Å²) in [4.78, 5) is 26.5. The fraction of sp³-hybridized carbons (Fsp3) is 0.476. The van der Waals surface area contributed by atoms with Crippen LogP contribution in [-0.4, -0.2) is 54.5 Å². The number of ether oxygens (including phenoxy) is 2. The standard InChI is InChI=1S/C21H26FN5O4S/c1-27-6-3-12(10-27)2-5-24-21(29)25-20-17(18(23)28)19(26-32-20)31-11-14-9-16-13(4-7-30-16)8-15(14)22/h8-9,12H,2-7,10-11H2,1H3,(H2,23,28)(H2,24,25,29)/t12-/m1/s1. The molecule has 0 radical (unpaired) electrons. The molecule has 1 aromatic heterocycles. The summed E-state index contributed by atoms with van der Waals surface area (Å²) >= 11 is 0.878. The summed E-state index contributed by atoms with van der Waals surface area (Å²) in [5.74, 6) is -0.0729. The van der Waals surface area contributed by atoms with Crippen LogP contribution < -0.4 is 25.8 Å². The van der Waals surface area contributed by atoms with Gasteiger partial charge in [-0.25, -0.2) is 9.18 Å². The third-order valence-electron chi connectivity index (χ3n) is 5.68. The monoisotopic (exact) mass is 463 g/mol. The van der Waals surface area contributed by atoms with Crippen LogP contribution in [0.3, 0.4) is 0 Å². The summed E-state index contributed by atoms with van der Waals surface area (Å²) in [7, 11) is 2.08. The molecule has 172 valence electrons. The van der Waals surface area contributed by atoms with Crippen LogP contribution in [0.5, 0.6) is 11.6 Å². The van der Waals surface area contributed by atoms with Gasteiger partial charge in [-0.1, -0.05) is 0 Å². The summed E-state index contributed by atoms with van der Waals surface area (Å²) in [6.45, 7) is 2.99. The molecule has 0 spiro atoms. The molecule has 0 unspecified atom stereocenters. The Morgan fingerprint density at radius 2 is 2.28 bits per heavy atom. The highest BCUT2D eigenvalue weighted by Gasteiger charge is 2.24. The number of aromatic nitrogens is 1. The van der Waals surface area contributed by atoms with E-state index in [-0.39, 0.29) is 28.6 Å². The first kappa shape index (κ1) is 22.3. The Morgan fingerprint density at radius 3 is 3.03 bits per heavy atom. The van der Waals surface area contributed by atoms with Gasteiger partial charge in [-0.05, 0) is 56.0 Å². The zero-order valence-electron chi connectivity index (χ0n) is 17.8. The van der Waals surface area contributed by atoms with E-state index < -0.39 is 17.8 Å². The largest absolute Gasteiger partial charge is 0.493 e. The lowest BCUT2D eigenvalue weighted by molar-refractivity contribution is 0.0996. The minimum atomic E-state index is -0.796. The second-order valence-corrected chi connectivity index (χ2v) is 8.85. The van der Waals surface area contributed by atoms with Gasteiger partial charge >= 0.3 is 6.03 Å². The van der Waals surface area contributed by atoms with Gasteiger partial charge < -0.3 is 25.4 Å². The predicted octanol–water partition coefficient (Wildman–Crippen LogP) is 2.36. The number of amides is 3. The van der Waals surface area contributed by atoms with Gasteiger partial charge in [0.15, 0.2) is 0 Å². The van der Waals surface area contributed by atoms with Gasteiger partial charge in [0.2, 0.25) is 5.88 Å². The Morgan fingerprint density at radius 1 is 1.44 bits per heavy atom. The highest BCUT2D eigenvalue weighted by Crippen LogP contribution is 2.32. The van der Waals surface area contributed by atoms with Crippen molar-refractivity contribution < 1.29 is 23.5 Å². The number of anilines is 1. The van der Waals surface area contributed by atoms with E-state index in [0.29, 0.717) is 31.2 Å². The van der Waals surface area contributed by atoms with Gasteiger partial charge in [0, 0.05) is 30.6 Å². The lowest BCUT2D eigenvalue weighted by Crippen LogP contribution is -2.31. The first-order chi connectivity index (χ1) is 15.4. The fourth-order valence-electron chi connectivity index (χ4n) is 3.97. The minimum Gasteiger partial charge on any atom is -0.493 e. The van der Waals surface area contributed by atoms with Crippen molar-refractivity contribution in [2.75, 3.05) is 38.6 Å². The molecule has 1 fully saturated rings. The molecule has 4 N–H and O–H groups in total. The van der Waals surface area contributed by atoms with Crippen molar-refractivity contribution in [3.8, 4) is 11.6 Å². The number of urea groups is 1. The molecule has 2 aliphatic rings. The van der Waals surface area contributed by atoms with Crippen molar-refractivity contribution in [2.24, 2.45) is 11.7 Å². The van der Waals surface area contributed by atoms with E-state index in [4.69, 9.17) is 15.2 Å². The van der Waals surface area contributed by atoms with E-state index in [1.165, 1.54) is 6.07 Å². The number of likely N-dealkylation sites (tertiary alicyclic amines) is 1. The second-order valence-electron chi connectivity index (χ2n) is 8.08. The van der Waals surface area contributed by atoms with Crippen LogP contribution >= 0.6 is 11.5 Å². The van der Waals surface area contributed by atoms with Crippen LogP contribution in [-0.2, 0) is 13.0 Å². The molecule has 1 aromatic carbocycles. The van der Waals surface area contributed by atoms with Gasteiger partial charge in [-0.2, -0.15) is 4.37 Å². The first-order valence-electron chi connectivity index (χ1n) is 10.5. The zero-order chi connectivity index (χ0) is 22.7. The number of hydrogen-bond donors (Lipinski definition) is 3. The normalized spacial score (nSPS) is 17.6. The average molecular weight is 464 g/mol. The van der Waals surface area contributed by atoms with Gasteiger partial charge in [0.25, 0.3) is 5.91 Å². The van der Waals surface area contributed by atoms with Crippen LogP contribution in [0.4, 0.5) is 14.2 Å². The maximum Gasteiger partial charge on any atom is 0.319 e. The number of nitrogens with zero attached hydrogens (tertiary/aromatic N) is 2. The van der Waals surface area contributed by atoms with Crippen molar-refractivity contribution >= 4 is 28.5 Å². The van der Waals surface area contributed by atoms with E-state index in [9.17, 15) is 14.0 Å². The van der Waals surface area contributed by atoms with Crippen molar-refractivity contribution in [3.05, 3.63) is 34.6 Å². The highest BCUT2D eigenvalue weighted by molar-refractivity contribution is 7.11. The van der Waals surface area contributed by atoms with Crippen molar-refractivity contribution in [2.45, 2.75) is 25.9 Å². The molecular weight excluding hydrogens is 437 g/mol. The van der Waals surface area contributed by atoms with E-state index in [0.717, 1.165) is 43.0 Å². The van der Waals surface area contributed by atoms with Gasteiger partial charge in [0.05, 0.1) is 6.61 Å². The highest BCUT2D eigenvalue weighted by atomic mass is 32.1. The van der Waals surface area contributed by atoms with Gasteiger partial charge in [-0.3, -0.25) is 10.1 Å². The molecule has 0 saturated carbocycles. The van der Waals surface area contributed by atoms with Crippen LogP contribution in [0, 0.1) is 11.7 Å². The molecule has 1 saturated heterocycles. The Labute approximate surface area is 189 Å². The van der Waals surface area contributed by atoms with E-state index >= 15 is 0 Å². The number of fused-ring (bicyclic) bond motifs is 1. The summed E-state index contributed by atoms with van der Waals surface area (Å²) in [5, 5.41) is 5.59. The third kappa shape index (κ3) is 5.10. The fourth-order valence-corrected chi connectivity index (χ4v) is 4.71. The van der Waals surface area contributed by atoms with Crippen molar-refractivity contribution in [1.29, 1.82) is 0 Å². The summed E-state index contributed by atoms with van der Waals surface area (Å²) in [5.41, 5.74) is 6.53. The number of carbonyl (C=O) groups excluding carboxylic acids is 2. The molecule has 11 heteroatoms. The Balaban J connectivity index is 1.35. The Hall–Kier alpha value is -2.92. The molecule has 1 atom stereocenters. The van der Waals surface area contributed by atoms with Crippen molar-refractivity contribution in [3.63, 3.8) is 0 Å². The number of benzene rings is 1. The molecule has 0 aliphatic carbocycles. The molecule has 2 aliphatic heterocycles. The first-order valence-corrected chi connectivity index (χ1v) is 11.3. The lowest BCUT2D eigenvalue weighted by atomic mass is 10.1. The zero-order valence-corrected chi connectivity index (χ0v) is 18.6. The summed E-state index contributed by atoms with van der Waals surface area (Å²) in [6, 6.07) is 2.57. The quantitative estimate of drug-likeness (QED) is 0.553. The minimum absolute atomic E-state index is 0.0413. The maximum atomic E-state index is 14.3. The molecule has 32 heavy (non-hydrogen) atoms. The number of nitrogens with two attached hydrogens (primary N) is 1. The number of rotatable bonds is 8. The van der Waals surface area contributed by atoms with Gasteiger partial charge in [-0.15, -0.1) is 0 Å². The van der Waals surface area contributed by atoms with Crippen LogP contribution in [0.15, 0.2) is 12.1 Å². The molecule has 3 amide bonds. The maximum absolute atomic E-state index is 14.3. The SMILES string of the molecule is CN1CC[C@@H](CCNC(=O)Nc2snc(OCc3cc4c(cc3F)CCO4)c2C(N)=O)C1. The van der Waals surface area contributed by atoms with E-state index in [1.54, 1.807) is 6.07 Å². The van der Waals surface area contributed by atoms with Crippen LogP contribution in [0.2, 0.25) is 0 Å². The van der Waals surface area contributed by atoms with Gasteiger partial charge in [0.1, 0.15) is 28.7 Å². The number of primary amides is 1. The number of nitrogens with one attached hydrogen (secondary N) is 2. The summed E-state index contributed by atoms with van der Waals surface area (Å²) < 4.78 is 29.4. The third-order valence-corrected chi connectivity index (χ3v) is 6.43. The number of halogens is 1. The number of hydrogen-bond acceptors (Lipinski definition) is 7. The van der Waals surface area contributed by atoms with E-state index in [1.807, 2.05) is 0 Å². The molecule has 2 aromatic rings. The second kappa shape index (κ2) is 9.70. The van der Waals surface area contributed by atoms with Crippen LogP contribution in [0.1, 0.15) is 34.3 Å². The predicted molar refractivity (Wildman–Crippen MR) is 118 cm³/mol. The van der Waals surface area contributed by atoms with E-state index in [2.05, 4.69) is 27.0 Å². The molecule has 3 heterocycles.